The van der Waals surface area contributed by atoms with E-state index in [-0.39, 0.29) is 43.6 Å². The minimum atomic E-state index is -1.37. The lowest BCUT2D eigenvalue weighted by Gasteiger charge is -2.19. The summed E-state index contributed by atoms with van der Waals surface area (Å²) in [5.41, 5.74) is 2.88. The lowest BCUT2D eigenvalue weighted by Crippen LogP contribution is -2.28. The number of nitriles is 1. The Balaban J connectivity index is 1.85. The number of hydrogen-bond acceptors (Lipinski definition) is 8. The number of aromatic nitrogens is 2. The molecule has 0 unspecified atom stereocenters. The summed E-state index contributed by atoms with van der Waals surface area (Å²) >= 11 is 5.07. The van der Waals surface area contributed by atoms with Crippen molar-refractivity contribution >= 4 is 60.8 Å². The third-order valence-electron chi connectivity index (χ3n) is 7.76. The summed E-state index contributed by atoms with van der Waals surface area (Å²) in [4.78, 5) is 33.6. The zero-order chi connectivity index (χ0) is 36.3. The predicted octanol–water partition coefficient (Wildman–Crippen LogP) is 8.77. The van der Waals surface area contributed by atoms with Gasteiger partial charge in [0.15, 0.2) is 12.5 Å². The Bertz CT molecular complexity index is 1870. The molecule has 0 aliphatic carbocycles. The minimum absolute atomic E-state index is 0.0266. The van der Waals surface area contributed by atoms with E-state index in [0.29, 0.717) is 51.8 Å². The molecule has 1 heterocycles. The number of fused-ring (bicyclic) bond motifs is 1. The molecule has 13 heteroatoms. The van der Waals surface area contributed by atoms with Crippen LogP contribution in [0.25, 0.3) is 22.3 Å². The van der Waals surface area contributed by atoms with E-state index in [0.717, 1.165) is 22.1 Å². The molecule has 4 aromatic rings. The van der Waals surface area contributed by atoms with Crippen LogP contribution in [0, 0.1) is 11.3 Å². The van der Waals surface area contributed by atoms with Crippen LogP contribution in [-0.4, -0.2) is 58.2 Å². The van der Waals surface area contributed by atoms with Crippen LogP contribution in [0.2, 0.25) is 51.4 Å². The van der Waals surface area contributed by atoms with Gasteiger partial charge in [-0.2, -0.15) is 5.26 Å². The first-order chi connectivity index (χ1) is 23.8. The van der Waals surface area contributed by atoms with Gasteiger partial charge in [-0.05, 0) is 35.9 Å². The molecule has 0 bridgehead atoms. The second kappa shape index (κ2) is 18.3. The molecule has 9 nitrogen and oxygen atoms in total. The van der Waals surface area contributed by atoms with Crippen molar-refractivity contribution in [1.82, 2.24) is 14.9 Å². The van der Waals surface area contributed by atoms with Gasteiger partial charge in [-0.25, -0.2) is 4.98 Å². The number of thioether (sulfide) groups is 1. The topological polar surface area (TPSA) is 115 Å². The van der Waals surface area contributed by atoms with Gasteiger partial charge in [0, 0.05) is 56.6 Å². The highest BCUT2D eigenvalue weighted by Crippen LogP contribution is 2.37. The van der Waals surface area contributed by atoms with Crippen molar-refractivity contribution in [2.75, 3.05) is 26.6 Å². The highest BCUT2D eigenvalue weighted by Gasteiger charge is 2.23. The fourth-order valence-corrected chi connectivity index (χ4v) is 7.96. The van der Waals surface area contributed by atoms with Crippen molar-refractivity contribution in [3.05, 3.63) is 86.6 Å². The van der Waals surface area contributed by atoms with Crippen molar-refractivity contribution in [2.45, 2.75) is 75.2 Å². The molecule has 0 fully saturated rings. The molecule has 50 heavy (non-hydrogen) atoms. The number of ether oxygens (including phenoxy) is 3. The van der Waals surface area contributed by atoms with E-state index in [9.17, 15) is 9.59 Å². The molecule has 1 aromatic heterocycles. The van der Waals surface area contributed by atoms with Crippen LogP contribution < -0.4 is 15.6 Å². The summed E-state index contributed by atoms with van der Waals surface area (Å²) in [6, 6.07) is 23.0. The average Bonchev–Trinajstić information content (AvgIpc) is 3.05. The number of benzene rings is 3. The molecule has 1 N–H and O–H groups in total. The highest BCUT2D eigenvalue weighted by molar-refractivity contribution is 9.10. The van der Waals surface area contributed by atoms with Gasteiger partial charge in [0.05, 0.1) is 23.6 Å². The molecule has 0 aliphatic rings. The molecule has 3 aromatic carbocycles. The van der Waals surface area contributed by atoms with Gasteiger partial charge in [0.25, 0.3) is 11.5 Å². The van der Waals surface area contributed by atoms with E-state index in [1.807, 2.05) is 48.5 Å². The number of amides is 1. The first kappa shape index (κ1) is 39.5. The van der Waals surface area contributed by atoms with Gasteiger partial charge >= 0.3 is 0 Å². The lowest BCUT2D eigenvalue weighted by atomic mass is 10.1. The maximum Gasteiger partial charge on any atom is 0.279 e. The molecule has 1 amide bonds. The van der Waals surface area contributed by atoms with Gasteiger partial charge in [0.1, 0.15) is 17.9 Å². The summed E-state index contributed by atoms with van der Waals surface area (Å²) in [6.45, 7) is 15.2. The Labute approximate surface area is 309 Å². The molecule has 266 valence electrons. The Kier molecular flexibility index (Phi) is 14.5. The predicted molar refractivity (Wildman–Crippen MR) is 211 cm³/mol. The minimum Gasteiger partial charge on any atom is -0.465 e. The van der Waals surface area contributed by atoms with Crippen molar-refractivity contribution < 1.29 is 19.0 Å². The molecule has 0 saturated carbocycles. The number of carbonyl (C=O) groups is 1. The van der Waals surface area contributed by atoms with Crippen LogP contribution in [0.5, 0.6) is 5.75 Å². The Morgan fingerprint density at radius 1 is 0.980 bits per heavy atom. The van der Waals surface area contributed by atoms with Crippen molar-refractivity contribution in [1.29, 1.82) is 5.26 Å². The van der Waals surface area contributed by atoms with Crippen LogP contribution in [0.15, 0.2) is 74.8 Å². The monoisotopic (exact) mass is 794 g/mol. The van der Waals surface area contributed by atoms with Gasteiger partial charge < -0.3 is 19.5 Å². The fraction of sp³-hybridized carbons (Fsp3) is 0.405. The molecule has 0 saturated heterocycles. The normalized spacial score (nSPS) is 11.8. The number of nitrogens with zero attached hydrogens (tertiary/aromatic N) is 3. The van der Waals surface area contributed by atoms with Crippen LogP contribution >= 0.6 is 27.7 Å². The van der Waals surface area contributed by atoms with Crippen molar-refractivity contribution in [3.63, 3.8) is 0 Å². The lowest BCUT2D eigenvalue weighted by molar-refractivity contribution is 0.0228. The molecule has 0 spiro atoms. The van der Waals surface area contributed by atoms with Crippen LogP contribution in [-0.2, 0) is 22.0 Å². The van der Waals surface area contributed by atoms with E-state index in [2.05, 4.69) is 66.6 Å². The molecular formula is C37H47BrN4O5SSi2. The second-order valence-electron chi connectivity index (χ2n) is 14.4. The number of halogens is 1. The van der Waals surface area contributed by atoms with Crippen LogP contribution in [0.4, 0.5) is 0 Å². The smallest absolute Gasteiger partial charge is 0.279 e. The quantitative estimate of drug-likeness (QED) is 0.0460. The Morgan fingerprint density at radius 2 is 1.68 bits per heavy atom. The number of rotatable bonds is 18. The molecular weight excluding hydrogens is 749 g/mol. The maximum atomic E-state index is 14.5. The van der Waals surface area contributed by atoms with Gasteiger partial charge in [-0.15, -0.1) is 11.8 Å². The number of hydrogen-bond donors (Lipinski definition) is 1. The number of nitrogens with one attached hydrogen (secondary N) is 1. The summed E-state index contributed by atoms with van der Waals surface area (Å²) in [5.74, 6) is 0.703. The van der Waals surface area contributed by atoms with E-state index < -0.39 is 16.1 Å². The first-order valence-corrected chi connectivity index (χ1v) is 25.9. The summed E-state index contributed by atoms with van der Waals surface area (Å²) < 4.78 is 20.5. The largest absolute Gasteiger partial charge is 0.465 e. The van der Waals surface area contributed by atoms with Gasteiger partial charge in [-0.1, -0.05) is 97.7 Å². The van der Waals surface area contributed by atoms with Gasteiger partial charge in [-0.3, -0.25) is 14.2 Å². The molecule has 0 aliphatic heterocycles. The third-order valence-corrected chi connectivity index (χ3v) is 12.8. The van der Waals surface area contributed by atoms with Crippen molar-refractivity contribution in [2.24, 2.45) is 0 Å². The van der Waals surface area contributed by atoms with Crippen molar-refractivity contribution in [3.8, 4) is 23.1 Å². The maximum absolute atomic E-state index is 14.5. The number of carbonyl (C=O) groups excluding carboxylic acids is 1. The SMILES string of the molecule is C[Si](C)(C)CCOCOc1cc(Br)cc2c1nc(-c1cccc(C(=O)NCCC#N)c1SCc1ccccc1)c(=O)n2COCC[Si](C)(C)C. The molecule has 4 rings (SSSR count). The average molecular weight is 796 g/mol. The molecule has 0 radical (unpaired) electrons. The summed E-state index contributed by atoms with van der Waals surface area (Å²) in [6.07, 6.45) is 0.187. The molecule has 0 atom stereocenters. The zero-order valence-electron chi connectivity index (χ0n) is 29.8. The summed E-state index contributed by atoms with van der Waals surface area (Å²) in [7, 11) is -2.65. The first-order valence-electron chi connectivity index (χ1n) is 16.7. The second-order valence-corrected chi connectivity index (χ2v) is 27.6. The Hall–Kier alpha value is -3.26. The van der Waals surface area contributed by atoms with E-state index in [4.69, 9.17) is 24.5 Å². The van der Waals surface area contributed by atoms with E-state index >= 15 is 0 Å². The van der Waals surface area contributed by atoms with Crippen LogP contribution in [0.3, 0.4) is 0 Å². The fourth-order valence-electron chi connectivity index (χ4n) is 4.88. The van der Waals surface area contributed by atoms with Crippen LogP contribution in [0.1, 0.15) is 22.3 Å². The Morgan fingerprint density at radius 3 is 2.36 bits per heavy atom. The zero-order valence-corrected chi connectivity index (χ0v) is 34.2. The van der Waals surface area contributed by atoms with E-state index in [1.54, 1.807) is 16.7 Å². The third kappa shape index (κ3) is 11.6. The standard InChI is InChI=1S/C37H47BrN4O5SSi2/c1-49(2,3)20-18-45-25-42-31-22-28(38)23-32(47-26-46-19-21-50(4,5)6)34(31)41-33(37(42)44)29-14-10-15-30(36(43)40-17-11-16-39)35(29)48-24-27-12-8-7-9-13-27/h7-10,12-15,22-23H,11,17-21,24-26H2,1-6H3,(H,40,43). The van der Waals surface area contributed by atoms with E-state index in [1.165, 1.54) is 11.8 Å². The van der Waals surface area contributed by atoms with Gasteiger partial charge in [0.2, 0.25) is 0 Å². The highest BCUT2D eigenvalue weighted by atomic mass is 79.9. The summed E-state index contributed by atoms with van der Waals surface area (Å²) in [5, 5.41) is 11.9.